The van der Waals surface area contributed by atoms with Crippen molar-refractivity contribution in [2.75, 3.05) is 7.11 Å². The Kier molecular flexibility index (Phi) is 5.27. The molecule has 3 aromatic carbocycles. The highest BCUT2D eigenvalue weighted by Gasteiger charge is 2.29. The van der Waals surface area contributed by atoms with Crippen LogP contribution in [0.2, 0.25) is 0 Å². The van der Waals surface area contributed by atoms with E-state index in [1.807, 2.05) is 66.7 Å². The van der Waals surface area contributed by atoms with Crippen LogP contribution in [0.1, 0.15) is 16.8 Å². The zero-order chi connectivity index (χ0) is 21.1. The van der Waals surface area contributed by atoms with Crippen LogP contribution in [0.15, 0.2) is 78.9 Å². The third-order valence-corrected chi connectivity index (χ3v) is 4.82. The van der Waals surface area contributed by atoms with Gasteiger partial charge in [-0.25, -0.2) is 4.98 Å². The lowest BCUT2D eigenvalue weighted by Crippen LogP contribution is -2.03. The number of rotatable bonds is 4. The van der Waals surface area contributed by atoms with Gasteiger partial charge in [0.15, 0.2) is 0 Å². The first-order valence-electron chi connectivity index (χ1n) is 9.33. The number of pyridine rings is 1. The third-order valence-electron chi connectivity index (χ3n) is 4.82. The molecule has 0 unspecified atom stereocenters. The highest BCUT2D eigenvalue weighted by molar-refractivity contribution is 5.82. The number of nitrogens with zero attached hydrogens (tertiary/aromatic N) is 1. The Bertz CT molecular complexity index is 1190. The SMILES string of the molecule is COc1ccc2nc(C=Cc3ccc(-c4ccc(C(F)(F)F)cc4)cc3)ccc2c1. The van der Waals surface area contributed by atoms with Gasteiger partial charge in [-0.3, -0.25) is 0 Å². The Labute approximate surface area is 172 Å². The van der Waals surface area contributed by atoms with Crippen LogP contribution in [0.4, 0.5) is 13.2 Å². The van der Waals surface area contributed by atoms with Crippen molar-refractivity contribution in [3.63, 3.8) is 0 Å². The van der Waals surface area contributed by atoms with Crippen molar-refractivity contribution in [1.82, 2.24) is 4.98 Å². The zero-order valence-corrected chi connectivity index (χ0v) is 16.1. The first-order valence-corrected chi connectivity index (χ1v) is 9.33. The summed E-state index contributed by atoms with van der Waals surface area (Å²) in [5.41, 5.74) is 3.65. The minimum Gasteiger partial charge on any atom is -0.497 e. The molecular weight excluding hydrogens is 387 g/mol. The van der Waals surface area contributed by atoms with E-state index >= 15 is 0 Å². The highest BCUT2D eigenvalue weighted by atomic mass is 19.4. The summed E-state index contributed by atoms with van der Waals surface area (Å²) >= 11 is 0. The van der Waals surface area contributed by atoms with Gasteiger partial charge < -0.3 is 4.74 Å². The molecule has 2 nitrogen and oxygen atoms in total. The molecule has 0 aliphatic carbocycles. The van der Waals surface area contributed by atoms with Crippen molar-refractivity contribution in [3.8, 4) is 16.9 Å². The molecule has 4 aromatic rings. The summed E-state index contributed by atoms with van der Waals surface area (Å²) in [5, 5.41) is 1.01. The molecule has 0 amide bonds. The molecule has 0 radical (unpaired) electrons. The van der Waals surface area contributed by atoms with Crippen LogP contribution in [-0.4, -0.2) is 12.1 Å². The zero-order valence-electron chi connectivity index (χ0n) is 16.1. The fraction of sp³-hybridized carbons (Fsp3) is 0.0800. The molecule has 0 fully saturated rings. The van der Waals surface area contributed by atoms with Crippen molar-refractivity contribution >= 4 is 23.1 Å². The molecular formula is C25H18F3NO. The minimum atomic E-state index is -4.32. The number of aromatic nitrogens is 1. The highest BCUT2D eigenvalue weighted by Crippen LogP contribution is 2.31. The van der Waals surface area contributed by atoms with Gasteiger partial charge in [0, 0.05) is 5.39 Å². The van der Waals surface area contributed by atoms with Crippen LogP contribution < -0.4 is 4.74 Å². The van der Waals surface area contributed by atoms with Gasteiger partial charge in [-0.05, 0) is 59.2 Å². The van der Waals surface area contributed by atoms with Gasteiger partial charge in [0.05, 0.1) is 23.9 Å². The molecule has 0 aliphatic rings. The Morgan fingerprint density at radius 1 is 0.767 bits per heavy atom. The second kappa shape index (κ2) is 8.03. The number of halogens is 3. The van der Waals surface area contributed by atoms with Crippen molar-refractivity contribution in [3.05, 3.63) is 95.7 Å². The summed E-state index contributed by atoms with van der Waals surface area (Å²) < 4.78 is 43.3. The molecule has 5 heteroatoms. The number of benzene rings is 3. The molecule has 1 aromatic heterocycles. The lowest BCUT2D eigenvalue weighted by Gasteiger charge is -2.08. The maximum atomic E-state index is 12.7. The summed E-state index contributed by atoms with van der Waals surface area (Å²) in [6, 6.07) is 22.5. The predicted octanol–water partition coefficient (Wildman–Crippen LogP) is 7.10. The van der Waals surface area contributed by atoms with Crippen molar-refractivity contribution in [1.29, 1.82) is 0 Å². The first-order chi connectivity index (χ1) is 14.4. The monoisotopic (exact) mass is 405 g/mol. The molecule has 150 valence electrons. The third kappa shape index (κ3) is 4.35. The van der Waals surface area contributed by atoms with Crippen LogP contribution in [-0.2, 0) is 6.18 Å². The lowest BCUT2D eigenvalue weighted by atomic mass is 10.0. The largest absolute Gasteiger partial charge is 0.497 e. The summed E-state index contributed by atoms with van der Waals surface area (Å²) in [6.45, 7) is 0. The van der Waals surface area contributed by atoms with Crippen LogP contribution in [0.25, 0.3) is 34.2 Å². The molecule has 0 aliphatic heterocycles. The first kappa shape index (κ1) is 19.7. The van der Waals surface area contributed by atoms with Crippen molar-refractivity contribution in [2.24, 2.45) is 0 Å². The number of methoxy groups -OCH3 is 1. The van der Waals surface area contributed by atoms with E-state index in [1.54, 1.807) is 7.11 Å². The number of alkyl halides is 3. The molecule has 0 atom stereocenters. The van der Waals surface area contributed by atoms with E-state index in [-0.39, 0.29) is 0 Å². The van der Waals surface area contributed by atoms with E-state index in [2.05, 4.69) is 4.98 Å². The summed E-state index contributed by atoms with van der Waals surface area (Å²) in [6.07, 6.45) is -0.443. The van der Waals surface area contributed by atoms with E-state index in [9.17, 15) is 13.2 Å². The maximum Gasteiger partial charge on any atom is 0.416 e. The van der Waals surface area contributed by atoms with E-state index in [4.69, 9.17) is 4.74 Å². The Balaban J connectivity index is 1.50. The Morgan fingerprint density at radius 3 is 2.07 bits per heavy atom. The molecule has 0 N–H and O–H groups in total. The lowest BCUT2D eigenvalue weighted by molar-refractivity contribution is -0.137. The smallest absolute Gasteiger partial charge is 0.416 e. The molecule has 0 saturated heterocycles. The number of hydrogen-bond acceptors (Lipinski definition) is 2. The second-order valence-electron chi connectivity index (χ2n) is 6.83. The summed E-state index contributed by atoms with van der Waals surface area (Å²) in [4.78, 5) is 4.62. The molecule has 0 spiro atoms. The fourth-order valence-electron chi connectivity index (χ4n) is 3.16. The Hall–Kier alpha value is -3.60. The van der Waals surface area contributed by atoms with Gasteiger partial charge >= 0.3 is 6.18 Å². The molecule has 4 rings (SSSR count). The summed E-state index contributed by atoms with van der Waals surface area (Å²) in [7, 11) is 1.63. The van der Waals surface area contributed by atoms with E-state index < -0.39 is 11.7 Å². The molecule has 0 saturated carbocycles. The average Bonchev–Trinajstić information content (AvgIpc) is 2.77. The van der Waals surface area contributed by atoms with Gasteiger partial charge in [-0.1, -0.05) is 48.5 Å². The predicted molar refractivity (Wildman–Crippen MR) is 114 cm³/mol. The molecule has 30 heavy (non-hydrogen) atoms. The minimum absolute atomic E-state index is 0.646. The number of hydrogen-bond donors (Lipinski definition) is 0. The van der Waals surface area contributed by atoms with Gasteiger partial charge in [-0.15, -0.1) is 0 Å². The Morgan fingerprint density at radius 2 is 1.43 bits per heavy atom. The van der Waals surface area contributed by atoms with Crippen LogP contribution in [0.5, 0.6) is 5.75 Å². The van der Waals surface area contributed by atoms with E-state index in [0.717, 1.165) is 51.2 Å². The van der Waals surface area contributed by atoms with Gasteiger partial charge in [0.2, 0.25) is 0 Å². The molecule has 0 bridgehead atoms. The van der Waals surface area contributed by atoms with E-state index in [1.165, 1.54) is 12.1 Å². The quantitative estimate of drug-likeness (QED) is 0.361. The van der Waals surface area contributed by atoms with E-state index in [0.29, 0.717) is 0 Å². The van der Waals surface area contributed by atoms with Gasteiger partial charge in [-0.2, -0.15) is 13.2 Å². The summed E-state index contributed by atoms with van der Waals surface area (Å²) in [5.74, 6) is 0.792. The van der Waals surface area contributed by atoms with Crippen molar-refractivity contribution < 1.29 is 17.9 Å². The van der Waals surface area contributed by atoms with Gasteiger partial charge in [0.1, 0.15) is 5.75 Å². The topological polar surface area (TPSA) is 22.1 Å². The molecule has 1 heterocycles. The number of ether oxygens (including phenoxy) is 1. The van der Waals surface area contributed by atoms with Crippen LogP contribution in [0, 0.1) is 0 Å². The van der Waals surface area contributed by atoms with Crippen LogP contribution >= 0.6 is 0 Å². The van der Waals surface area contributed by atoms with Gasteiger partial charge in [0.25, 0.3) is 0 Å². The van der Waals surface area contributed by atoms with Crippen molar-refractivity contribution in [2.45, 2.75) is 6.18 Å². The van der Waals surface area contributed by atoms with Crippen LogP contribution in [0.3, 0.4) is 0 Å². The fourth-order valence-corrected chi connectivity index (χ4v) is 3.16. The average molecular weight is 405 g/mol. The standard InChI is InChI=1S/C25H18F3NO/c1-30-23-14-15-24-20(16-23)9-13-22(29-24)12-4-17-2-5-18(6-3-17)19-7-10-21(11-8-19)25(26,27)28/h2-16H,1H3. The maximum absolute atomic E-state index is 12.7. The second-order valence-corrected chi connectivity index (χ2v) is 6.83. The number of fused-ring (bicyclic) bond motifs is 1. The normalized spacial score (nSPS) is 11.9.